The van der Waals surface area contributed by atoms with E-state index in [0.29, 0.717) is 12.3 Å². The van der Waals surface area contributed by atoms with E-state index in [9.17, 15) is 26.4 Å². The second-order valence-corrected chi connectivity index (χ2v) is 6.44. The van der Waals surface area contributed by atoms with E-state index in [4.69, 9.17) is 10.5 Å². The van der Waals surface area contributed by atoms with Crippen LogP contribution in [-0.2, 0) is 16.2 Å². The van der Waals surface area contributed by atoms with Crippen LogP contribution in [0.1, 0.15) is 15.9 Å². The summed E-state index contributed by atoms with van der Waals surface area (Å²) in [4.78, 5) is 14.4. The second kappa shape index (κ2) is 6.59. The van der Waals surface area contributed by atoms with Gasteiger partial charge in [0.25, 0.3) is 15.9 Å². The van der Waals surface area contributed by atoms with Gasteiger partial charge in [0.2, 0.25) is 0 Å². The number of carbonyl (C=O) groups excluding carboxylic acids is 1. The van der Waals surface area contributed by atoms with Crippen LogP contribution in [0.25, 0.3) is 0 Å². The number of anilines is 1. The maximum atomic E-state index is 12.5. The molecular weight excluding hydrogens is 363 g/mol. The molecule has 0 saturated carbocycles. The van der Waals surface area contributed by atoms with E-state index < -0.39 is 27.7 Å². The zero-order valence-electron chi connectivity index (χ0n) is 12.7. The lowest BCUT2D eigenvalue weighted by atomic mass is 10.2. The lowest BCUT2D eigenvalue weighted by Gasteiger charge is -2.11. The minimum atomic E-state index is -4.59. The Labute approximate surface area is 140 Å². The summed E-state index contributed by atoms with van der Waals surface area (Å²) < 4.78 is 68.9. The molecule has 1 heterocycles. The SMILES string of the molecule is COc1ccc(S(=O)(=O)Nc2ccc(C(F)(F)F)cn2)cc1C(N)=O. The van der Waals surface area contributed by atoms with Gasteiger partial charge in [0, 0.05) is 6.20 Å². The molecule has 2 rings (SSSR count). The number of primary amides is 1. The molecule has 0 unspecified atom stereocenters. The van der Waals surface area contributed by atoms with Gasteiger partial charge in [-0.1, -0.05) is 0 Å². The first-order valence-electron chi connectivity index (χ1n) is 6.58. The number of nitrogens with zero attached hydrogens (tertiary/aromatic N) is 1. The normalized spacial score (nSPS) is 11.8. The van der Waals surface area contributed by atoms with Crippen molar-refractivity contribution in [3.8, 4) is 5.75 Å². The van der Waals surface area contributed by atoms with Gasteiger partial charge in [0.1, 0.15) is 11.6 Å². The molecule has 2 aromatic rings. The summed E-state index contributed by atoms with van der Waals surface area (Å²) in [5.41, 5.74) is 3.98. The number of aromatic nitrogens is 1. The Bertz CT molecular complexity index is 897. The van der Waals surface area contributed by atoms with Crippen LogP contribution in [0.5, 0.6) is 5.75 Å². The molecule has 0 atom stereocenters. The van der Waals surface area contributed by atoms with E-state index in [1.165, 1.54) is 13.2 Å². The van der Waals surface area contributed by atoms with Crippen LogP contribution in [0.2, 0.25) is 0 Å². The molecule has 0 bridgehead atoms. The quantitative estimate of drug-likeness (QED) is 0.830. The van der Waals surface area contributed by atoms with Crippen molar-refractivity contribution in [1.82, 2.24) is 4.98 Å². The predicted octanol–water partition coefficient (Wildman–Crippen LogP) is 2.01. The topological polar surface area (TPSA) is 111 Å². The number of sulfonamides is 1. The highest BCUT2D eigenvalue weighted by Gasteiger charge is 2.30. The van der Waals surface area contributed by atoms with Gasteiger partial charge in [0.15, 0.2) is 0 Å². The number of hydrogen-bond acceptors (Lipinski definition) is 5. The first-order chi connectivity index (χ1) is 11.5. The molecule has 0 fully saturated rings. The lowest BCUT2D eigenvalue weighted by Crippen LogP contribution is -2.17. The van der Waals surface area contributed by atoms with E-state index in [-0.39, 0.29) is 22.0 Å². The van der Waals surface area contributed by atoms with Gasteiger partial charge in [0.05, 0.1) is 23.1 Å². The summed E-state index contributed by atoms with van der Waals surface area (Å²) in [6, 6.07) is 4.94. The Kier molecular flexibility index (Phi) is 4.88. The number of ether oxygens (including phenoxy) is 1. The molecule has 0 aliphatic carbocycles. The van der Waals surface area contributed by atoms with Crippen molar-refractivity contribution in [2.75, 3.05) is 11.8 Å². The fraction of sp³-hybridized carbons (Fsp3) is 0.143. The molecule has 1 aromatic carbocycles. The Morgan fingerprint density at radius 2 is 1.92 bits per heavy atom. The van der Waals surface area contributed by atoms with E-state index in [1.807, 2.05) is 4.72 Å². The molecule has 0 saturated heterocycles. The van der Waals surface area contributed by atoms with E-state index in [0.717, 1.165) is 18.2 Å². The molecule has 3 N–H and O–H groups in total. The van der Waals surface area contributed by atoms with Crippen LogP contribution in [0.4, 0.5) is 19.0 Å². The van der Waals surface area contributed by atoms with Crippen molar-refractivity contribution in [1.29, 1.82) is 0 Å². The van der Waals surface area contributed by atoms with Crippen LogP contribution >= 0.6 is 0 Å². The molecule has 0 spiro atoms. The van der Waals surface area contributed by atoms with Crippen molar-refractivity contribution in [3.63, 3.8) is 0 Å². The highest BCUT2D eigenvalue weighted by Crippen LogP contribution is 2.29. The number of benzene rings is 1. The van der Waals surface area contributed by atoms with Crippen LogP contribution < -0.4 is 15.2 Å². The number of nitrogens with two attached hydrogens (primary N) is 1. The lowest BCUT2D eigenvalue weighted by molar-refractivity contribution is -0.137. The van der Waals surface area contributed by atoms with Gasteiger partial charge in [-0.3, -0.25) is 9.52 Å². The summed E-state index contributed by atoms with van der Waals surface area (Å²) in [6.45, 7) is 0. The van der Waals surface area contributed by atoms with Crippen molar-refractivity contribution < 1.29 is 31.1 Å². The molecule has 134 valence electrons. The fourth-order valence-electron chi connectivity index (χ4n) is 1.87. The van der Waals surface area contributed by atoms with Crippen LogP contribution in [0.3, 0.4) is 0 Å². The molecule has 0 aliphatic rings. The minimum absolute atomic E-state index is 0.0825. The third-order valence-electron chi connectivity index (χ3n) is 3.08. The van der Waals surface area contributed by atoms with Gasteiger partial charge in [-0.15, -0.1) is 0 Å². The number of rotatable bonds is 5. The van der Waals surface area contributed by atoms with Gasteiger partial charge >= 0.3 is 6.18 Å². The van der Waals surface area contributed by atoms with Crippen LogP contribution in [-0.4, -0.2) is 26.4 Å². The van der Waals surface area contributed by atoms with E-state index in [1.54, 1.807) is 0 Å². The van der Waals surface area contributed by atoms with Crippen LogP contribution in [0, 0.1) is 0 Å². The molecule has 1 amide bonds. The predicted molar refractivity (Wildman–Crippen MR) is 81.6 cm³/mol. The van der Waals surface area contributed by atoms with Gasteiger partial charge in [-0.2, -0.15) is 13.2 Å². The summed E-state index contributed by atoms with van der Waals surface area (Å²) >= 11 is 0. The van der Waals surface area contributed by atoms with Gasteiger partial charge in [-0.05, 0) is 30.3 Å². The zero-order chi connectivity index (χ0) is 18.8. The largest absolute Gasteiger partial charge is 0.496 e. The number of amides is 1. The first-order valence-corrected chi connectivity index (χ1v) is 8.07. The molecule has 11 heteroatoms. The average molecular weight is 375 g/mol. The van der Waals surface area contributed by atoms with Crippen molar-refractivity contribution in [2.24, 2.45) is 5.73 Å². The van der Waals surface area contributed by atoms with Crippen molar-refractivity contribution in [2.45, 2.75) is 11.1 Å². The van der Waals surface area contributed by atoms with E-state index in [2.05, 4.69) is 4.98 Å². The smallest absolute Gasteiger partial charge is 0.417 e. The Morgan fingerprint density at radius 3 is 2.40 bits per heavy atom. The van der Waals surface area contributed by atoms with Gasteiger partial charge in [-0.25, -0.2) is 13.4 Å². The fourth-order valence-corrected chi connectivity index (χ4v) is 2.90. The maximum Gasteiger partial charge on any atom is 0.417 e. The molecule has 0 radical (unpaired) electrons. The monoisotopic (exact) mass is 375 g/mol. The Hall–Kier alpha value is -2.82. The third kappa shape index (κ3) is 4.18. The number of methoxy groups -OCH3 is 1. The summed E-state index contributed by atoms with van der Waals surface area (Å²) in [5, 5.41) is 0. The average Bonchev–Trinajstić information content (AvgIpc) is 2.53. The molecule has 0 aliphatic heterocycles. The highest BCUT2D eigenvalue weighted by atomic mass is 32.2. The molecule has 1 aromatic heterocycles. The first kappa shape index (κ1) is 18.5. The van der Waals surface area contributed by atoms with Crippen molar-refractivity contribution in [3.05, 3.63) is 47.7 Å². The summed E-state index contributed by atoms with van der Waals surface area (Å²) in [7, 11) is -2.92. The number of halogens is 3. The maximum absolute atomic E-state index is 12.5. The van der Waals surface area contributed by atoms with E-state index >= 15 is 0 Å². The number of alkyl halides is 3. The Balaban J connectivity index is 2.33. The van der Waals surface area contributed by atoms with Crippen molar-refractivity contribution >= 4 is 21.7 Å². The number of nitrogens with one attached hydrogen (secondary N) is 1. The number of hydrogen-bond donors (Lipinski definition) is 2. The number of pyridine rings is 1. The molecule has 25 heavy (non-hydrogen) atoms. The highest BCUT2D eigenvalue weighted by molar-refractivity contribution is 7.92. The number of carbonyl (C=O) groups is 1. The molecular formula is C14H12F3N3O4S. The van der Waals surface area contributed by atoms with Gasteiger partial charge < -0.3 is 10.5 Å². The standard InChI is InChI=1S/C14H12F3N3O4S/c1-24-11-4-3-9(6-10(11)13(18)21)25(22,23)20-12-5-2-8(7-19-12)14(15,16)17/h2-7H,1H3,(H2,18,21)(H,19,20). The van der Waals surface area contributed by atoms with Crippen LogP contribution in [0.15, 0.2) is 41.4 Å². The summed E-state index contributed by atoms with van der Waals surface area (Å²) in [6.07, 6.45) is -4.09. The third-order valence-corrected chi connectivity index (χ3v) is 4.43. The zero-order valence-corrected chi connectivity index (χ0v) is 13.5. The summed E-state index contributed by atoms with van der Waals surface area (Å²) in [5.74, 6) is -1.13. The molecule has 7 nitrogen and oxygen atoms in total. The Morgan fingerprint density at radius 1 is 1.24 bits per heavy atom. The second-order valence-electron chi connectivity index (χ2n) is 4.76. The minimum Gasteiger partial charge on any atom is -0.496 e.